The molecular weight excluding hydrogens is 1010 g/mol. The van der Waals surface area contributed by atoms with Crippen LogP contribution in [0.3, 0.4) is 0 Å². The SMILES string of the molecule is O=P([O-])(c1ccccc1)c1ccccc1.O=P([O-])(c1ccccc1)c1ccccc1.O=P([O-])(c1ccccc1)c1ccccc1.O=P([O-])(c1ccccc1)c1ccccc1.[W]. The molecule has 0 saturated heterocycles. The van der Waals surface area contributed by atoms with Gasteiger partial charge in [-0.3, -0.25) is 0 Å². The van der Waals surface area contributed by atoms with E-state index in [4.69, 9.17) is 0 Å². The molecule has 0 bridgehead atoms. The van der Waals surface area contributed by atoms with Gasteiger partial charge in [0, 0.05) is 63.5 Å². The molecule has 0 unspecified atom stereocenters. The molecule has 0 radical (unpaired) electrons. The van der Waals surface area contributed by atoms with E-state index in [-0.39, 0.29) is 21.1 Å². The molecule has 0 fully saturated rings. The summed E-state index contributed by atoms with van der Waals surface area (Å²) in [5.74, 6) is 0. The van der Waals surface area contributed by atoms with Crippen LogP contribution in [0.1, 0.15) is 0 Å². The third-order valence-corrected chi connectivity index (χ3v) is 16.6. The van der Waals surface area contributed by atoms with Crippen LogP contribution in [0.5, 0.6) is 0 Å². The average Bonchev–Trinajstić information content (AvgIpc) is 3.32. The van der Waals surface area contributed by atoms with Gasteiger partial charge in [0.1, 0.15) is 0 Å². The van der Waals surface area contributed by atoms with Gasteiger partial charge >= 0.3 is 0 Å². The Kier molecular flexibility index (Phi) is 18.8. The summed E-state index contributed by atoms with van der Waals surface area (Å²) in [6.07, 6.45) is 0. The maximum Gasteiger partial charge on any atom is 0.0720 e. The van der Waals surface area contributed by atoms with Gasteiger partial charge < -0.3 is 37.8 Å². The Morgan fingerprint density at radius 2 is 0.279 bits per heavy atom. The molecule has 8 aromatic carbocycles. The van der Waals surface area contributed by atoms with Crippen LogP contribution in [-0.4, -0.2) is 0 Å². The van der Waals surface area contributed by atoms with Gasteiger partial charge in [0.2, 0.25) is 0 Å². The largest absolute Gasteiger partial charge is 0.793 e. The zero-order chi connectivity index (χ0) is 42.9. The fraction of sp³-hybridized carbons (Fsp3) is 0. The van der Waals surface area contributed by atoms with Gasteiger partial charge in [0.25, 0.3) is 0 Å². The van der Waals surface area contributed by atoms with Gasteiger partial charge in [0.05, 0.1) is 29.5 Å². The van der Waals surface area contributed by atoms with Crippen LogP contribution < -0.4 is 62.0 Å². The first-order chi connectivity index (χ1) is 28.8. The Balaban J connectivity index is 0.000000178. The normalized spacial score (nSPS) is 11.1. The molecule has 0 aromatic heterocycles. The van der Waals surface area contributed by atoms with E-state index >= 15 is 0 Å². The van der Waals surface area contributed by atoms with Crippen molar-refractivity contribution in [2.75, 3.05) is 0 Å². The van der Waals surface area contributed by atoms with Crippen molar-refractivity contribution in [1.82, 2.24) is 0 Å². The van der Waals surface area contributed by atoms with Crippen LogP contribution in [0.4, 0.5) is 0 Å². The molecule has 8 aromatic rings. The van der Waals surface area contributed by atoms with Crippen molar-refractivity contribution in [1.29, 1.82) is 0 Å². The van der Waals surface area contributed by atoms with Crippen molar-refractivity contribution < 1.29 is 58.9 Å². The van der Waals surface area contributed by atoms with E-state index < -0.39 is 29.5 Å². The van der Waals surface area contributed by atoms with Crippen molar-refractivity contribution in [3.05, 3.63) is 243 Å². The maximum absolute atomic E-state index is 12.1. The van der Waals surface area contributed by atoms with E-state index in [0.29, 0.717) is 42.4 Å². The van der Waals surface area contributed by atoms with Gasteiger partial charge in [-0.1, -0.05) is 243 Å². The van der Waals surface area contributed by atoms with Gasteiger partial charge in [-0.2, -0.15) is 0 Å². The molecule has 8 nitrogen and oxygen atoms in total. The molecule has 0 aliphatic heterocycles. The first kappa shape index (κ1) is 48.9. The zero-order valence-electron chi connectivity index (χ0n) is 32.6. The van der Waals surface area contributed by atoms with Crippen molar-refractivity contribution in [3.63, 3.8) is 0 Å². The molecule has 0 aliphatic carbocycles. The quantitative estimate of drug-likeness (QED) is 0.190. The molecule has 61 heavy (non-hydrogen) atoms. The van der Waals surface area contributed by atoms with E-state index in [1.807, 2.05) is 0 Å². The zero-order valence-corrected chi connectivity index (χ0v) is 39.1. The fourth-order valence-electron chi connectivity index (χ4n) is 5.59. The smallest absolute Gasteiger partial charge is 0.0720 e. The van der Waals surface area contributed by atoms with Crippen LogP contribution in [0, 0.1) is 0 Å². The molecule has 0 saturated carbocycles. The van der Waals surface area contributed by atoms with Crippen LogP contribution in [0.25, 0.3) is 0 Å². The summed E-state index contributed by atoms with van der Waals surface area (Å²) < 4.78 is 48.2. The summed E-state index contributed by atoms with van der Waals surface area (Å²) in [7, 11) is -14.6. The average molecular weight is 1050 g/mol. The molecule has 0 N–H and O–H groups in total. The fourth-order valence-corrected chi connectivity index (χ4v) is 11.3. The number of hydrogen-bond acceptors (Lipinski definition) is 8. The maximum atomic E-state index is 12.1. The Bertz CT molecular complexity index is 2130. The van der Waals surface area contributed by atoms with Gasteiger partial charge in [-0.15, -0.1) is 0 Å². The number of rotatable bonds is 8. The standard InChI is InChI=1S/4C12H11O2P.W/c4*13-15(14,11-7-3-1-4-8-11)12-9-5-2-6-10-12;/h4*1-10H,(H,13,14);/p-4. The predicted octanol–water partition coefficient (Wildman–Crippen LogP) is 5.10. The molecule has 13 heteroatoms. The van der Waals surface area contributed by atoms with Crippen molar-refractivity contribution >= 4 is 71.9 Å². The monoisotopic (exact) mass is 1050 g/mol. The Labute approximate surface area is 371 Å². The second-order valence-electron chi connectivity index (χ2n) is 12.9. The summed E-state index contributed by atoms with van der Waals surface area (Å²) in [5.41, 5.74) is 0. The van der Waals surface area contributed by atoms with Crippen LogP contribution in [0.15, 0.2) is 243 Å². The second-order valence-corrected chi connectivity index (χ2v) is 21.4. The summed E-state index contributed by atoms with van der Waals surface area (Å²) in [6.45, 7) is 0. The van der Waals surface area contributed by atoms with Crippen molar-refractivity contribution in [2.45, 2.75) is 0 Å². The summed E-state index contributed by atoms with van der Waals surface area (Å²) in [6, 6.07) is 67.8. The topological polar surface area (TPSA) is 161 Å². The van der Waals surface area contributed by atoms with E-state index in [2.05, 4.69) is 0 Å². The Hall–Kier alpha value is -4.79. The summed E-state index contributed by atoms with van der Waals surface area (Å²) in [5, 5.41) is 2.86. The van der Waals surface area contributed by atoms with Crippen LogP contribution in [0.2, 0.25) is 0 Å². The van der Waals surface area contributed by atoms with E-state index in [1.54, 1.807) is 243 Å². The summed E-state index contributed by atoms with van der Waals surface area (Å²) in [4.78, 5) is 48.2. The predicted molar refractivity (Wildman–Crippen MR) is 239 cm³/mol. The minimum Gasteiger partial charge on any atom is -0.793 e. The molecule has 0 heterocycles. The van der Waals surface area contributed by atoms with E-state index in [1.165, 1.54) is 0 Å². The van der Waals surface area contributed by atoms with Gasteiger partial charge in [0.15, 0.2) is 0 Å². The summed E-state index contributed by atoms with van der Waals surface area (Å²) >= 11 is 0. The first-order valence-electron chi connectivity index (χ1n) is 18.5. The molecule has 8 rings (SSSR count). The van der Waals surface area contributed by atoms with E-state index in [9.17, 15) is 37.8 Å². The van der Waals surface area contributed by atoms with Crippen molar-refractivity contribution in [3.8, 4) is 0 Å². The van der Waals surface area contributed by atoms with Crippen LogP contribution in [-0.2, 0) is 39.3 Å². The molecule has 0 atom stereocenters. The second kappa shape index (κ2) is 23.4. The third-order valence-electron chi connectivity index (χ3n) is 8.77. The Morgan fingerprint density at radius 1 is 0.197 bits per heavy atom. The van der Waals surface area contributed by atoms with Gasteiger partial charge in [-0.25, -0.2) is 0 Å². The molecule has 310 valence electrons. The third kappa shape index (κ3) is 13.6. The molecule has 0 amide bonds. The minimum atomic E-state index is -3.65. The minimum absolute atomic E-state index is 0. The molecular formula is C48H40O8P4W-4. The van der Waals surface area contributed by atoms with Crippen molar-refractivity contribution in [2.24, 2.45) is 0 Å². The Morgan fingerprint density at radius 3 is 0.361 bits per heavy atom. The first-order valence-corrected chi connectivity index (χ1v) is 25.0. The van der Waals surface area contributed by atoms with E-state index in [0.717, 1.165) is 0 Å². The van der Waals surface area contributed by atoms with Gasteiger partial charge in [-0.05, 0) is 0 Å². The molecule has 0 aliphatic rings. The molecule has 0 spiro atoms. The number of benzene rings is 8. The number of hydrogen-bond donors (Lipinski definition) is 0. The van der Waals surface area contributed by atoms with Crippen LogP contribution >= 0.6 is 29.5 Å².